The van der Waals surface area contributed by atoms with Crippen molar-refractivity contribution < 1.29 is 4.42 Å². The van der Waals surface area contributed by atoms with E-state index in [0.29, 0.717) is 0 Å². The van der Waals surface area contributed by atoms with E-state index >= 15 is 0 Å². The van der Waals surface area contributed by atoms with E-state index in [1.165, 1.54) is 21.5 Å². The van der Waals surface area contributed by atoms with Crippen LogP contribution in [0.1, 0.15) is 0 Å². The first-order valence-electron chi connectivity index (χ1n) is 6.37. The van der Waals surface area contributed by atoms with Gasteiger partial charge in [-0.05, 0) is 45.8 Å². The molecule has 6 bridgehead atoms. The van der Waals surface area contributed by atoms with Crippen LogP contribution in [0.4, 0.5) is 0 Å². The highest BCUT2D eigenvalue weighted by atomic mass is 16.3. The Morgan fingerprint density at radius 2 is 0.632 bits per heavy atom. The maximum atomic E-state index is 5.83. The molecule has 0 aliphatic heterocycles. The topological polar surface area (TPSA) is 13.1 Å². The zero-order valence-corrected chi connectivity index (χ0v) is 10.3. The average molecular weight is 244 g/mol. The van der Waals surface area contributed by atoms with E-state index < -0.39 is 0 Å². The first-order valence-corrected chi connectivity index (χ1v) is 6.37. The van der Waals surface area contributed by atoms with Crippen molar-refractivity contribution in [2.75, 3.05) is 0 Å². The van der Waals surface area contributed by atoms with Crippen molar-refractivity contribution in [3.8, 4) is 0 Å². The largest absolute Gasteiger partial charge is 0.457 e. The van der Waals surface area contributed by atoms with E-state index in [1.54, 1.807) is 0 Å². The molecule has 0 spiro atoms. The summed E-state index contributed by atoms with van der Waals surface area (Å²) >= 11 is 0. The van der Waals surface area contributed by atoms with Crippen LogP contribution in [0.2, 0.25) is 0 Å². The Morgan fingerprint density at radius 3 is 0.947 bits per heavy atom. The molecule has 1 nitrogen and oxygen atoms in total. The highest BCUT2D eigenvalue weighted by Crippen LogP contribution is 2.19. The van der Waals surface area contributed by atoms with Gasteiger partial charge in [-0.1, -0.05) is 48.5 Å². The Hall–Kier alpha value is -2.54. The third-order valence-electron chi connectivity index (χ3n) is 3.50. The summed E-state index contributed by atoms with van der Waals surface area (Å²) in [6.45, 7) is 0. The van der Waals surface area contributed by atoms with Gasteiger partial charge in [0.1, 0.15) is 11.2 Å². The van der Waals surface area contributed by atoms with Crippen molar-refractivity contribution in [2.24, 2.45) is 0 Å². The zero-order chi connectivity index (χ0) is 12.7. The Bertz CT molecular complexity index is 780. The first-order chi connectivity index (χ1) is 9.38. The summed E-state index contributed by atoms with van der Waals surface area (Å²) in [7, 11) is 0. The van der Waals surface area contributed by atoms with Gasteiger partial charge in [-0.2, -0.15) is 0 Å². The van der Waals surface area contributed by atoms with Gasteiger partial charge < -0.3 is 4.42 Å². The smallest absolute Gasteiger partial charge is 0.127 e. The predicted molar refractivity (Wildman–Crippen MR) is 80.0 cm³/mol. The molecule has 0 fully saturated rings. The van der Waals surface area contributed by atoms with Gasteiger partial charge in [0.25, 0.3) is 0 Å². The standard InChI is InChI=1S/C18H12O/c1-2-14-4-3-13(1)15-5-9-17(10-6-15)19-18-11-7-16(14)8-12-18/h1-12H. The predicted octanol–water partition coefficient (Wildman–Crippen LogP) is 5.30. The van der Waals surface area contributed by atoms with Crippen LogP contribution in [-0.2, 0) is 0 Å². The Labute approximate surface area is 110 Å². The normalized spacial score (nSPS) is 11.2. The summed E-state index contributed by atoms with van der Waals surface area (Å²) < 4.78 is 5.83. The Balaban J connectivity index is 2.29. The molecular formula is C18H12O. The van der Waals surface area contributed by atoms with Crippen LogP contribution in [0.25, 0.3) is 32.7 Å². The van der Waals surface area contributed by atoms with Gasteiger partial charge in [-0.3, -0.25) is 0 Å². The van der Waals surface area contributed by atoms with Gasteiger partial charge in [0, 0.05) is 0 Å². The van der Waals surface area contributed by atoms with Crippen molar-refractivity contribution >= 4 is 32.7 Å². The monoisotopic (exact) mass is 244 g/mol. The van der Waals surface area contributed by atoms with E-state index in [2.05, 4.69) is 48.5 Å². The molecule has 0 saturated heterocycles. The summed E-state index contributed by atoms with van der Waals surface area (Å²) in [5.74, 6) is 0. The summed E-state index contributed by atoms with van der Waals surface area (Å²) in [5, 5.41) is 4.87. The Morgan fingerprint density at radius 1 is 0.368 bits per heavy atom. The number of hydrogen-bond donors (Lipinski definition) is 0. The molecule has 0 aliphatic carbocycles. The molecule has 0 aliphatic rings. The lowest BCUT2D eigenvalue weighted by molar-refractivity contribution is 0.655. The van der Waals surface area contributed by atoms with Gasteiger partial charge in [0.05, 0.1) is 0 Å². The highest BCUT2D eigenvalue weighted by Gasteiger charge is 1.94. The van der Waals surface area contributed by atoms with Crippen molar-refractivity contribution in [3.05, 3.63) is 72.8 Å². The van der Waals surface area contributed by atoms with E-state index in [9.17, 15) is 0 Å². The van der Waals surface area contributed by atoms with Gasteiger partial charge in [0.15, 0.2) is 0 Å². The third kappa shape index (κ3) is 1.80. The van der Waals surface area contributed by atoms with Gasteiger partial charge in [0.2, 0.25) is 0 Å². The molecule has 0 radical (unpaired) electrons. The maximum Gasteiger partial charge on any atom is 0.127 e. The second kappa shape index (κ2) is 3.99. The molecular weight excluding hydrogens is 232 g/mol. The lowest BCUT2D eigenvalue weighted by atomic mass is 10.1. The molecule has 0 atom stereocenters. The maximum absolute atomic E-state index is 5.83. The summed E-state index contributed by atoms with van der Waals surface area (Å²) in [5.41, 5.74) is 1.73. The minimum atomic E-state index is 0.867. The molecule has 1 heteroatoms. The van der Waals surface area contributed by atoms with Crippen LogP contribution < -0.4 is 0 Å². The van der Waals surface area contributed by atoms with Crippen LogP contribution in [0.15, 0.2) is 77.2 Å². The lowest BCUT2D eigenvalue weighted by Crippen LogP contribution is -1.69. The second-order valence-electron chi connectivity index (χ2n) is 4.73. The molecule has 0 N–H and O–H groups in total. The Kier molecular flexibility index (Phi) is 2.18. The molecule has 9 aromatic rings. The average Bonchev–Trinajstić information content (AvgIpc) is 2.54. The van der Waals surface area contributed by atoms with E-state index in [-0.39, 0.29) is 0 Å². The van der Waals surface area contributed by atoms with Crippen LogP contribution in [0, 0.1) is 0 Å². The second-order valence-corrected chi connectivity index (χ2v) is 4.73. The molecule has 0 unspecified atom stereocenters. The molecule has 9 rings (SSSR count). The molecule has 0 saturated carbocycles. The van der Waals surface area contributed by atoms with Crippen LogP contribution in [0.5, 0.6) is 0 Å². The van der Waals surface area contributed by atoms with Crippen LogP contribution >= 0.6 is 0 Å². The number of benzene rings is 3. The molecule has 90 valence electrons. The van der Waals surface area contributed by atoms with Crippen molar-refractivity contribution in [3.63, 3.8) is 0 Å². The molecule has 19 heavy (non-hydrogen) atoms. The van der Waals surface area contributed by atoms with Gasteiger partial charge in [-0.25, -0.2) is 0 Å². The summed E-state index contributed by atoms with van der Waals surface area (Å²) in [6.07, 6.45) is 0. The molecule has 6 aromatic heterocycles. The third-order valence-corrected chi connectivity index (χ3v) is 3.50. The van der Waals surface area contributed by atoms with Crippen molar-refractivity contribution in [2.45, 2.75) is 0 Å². The van der Waals surface area contributed by atoms with Crippen LogP contribution in [0.3, 0.4) is 0 Å². The van der Waals surface area contributed by atoms with Crippen molar-refractivity contribution in [1.29, 1.82) is 0 Å². The first kappa shape index (κ1) is 10.4. The lowest BCUT2D eigenvalue weighted by Gasteiger charge is -1.95. The van der Waals surface area contributed by atoms with Crippen LogP contribution in [-0.4, -0.2) is 0 Å². The SMILES string of the molecule is c1cc2ccc1oc1ccc(cc1)c1ccc2cc1. The molecule has 0 amide bonds. The zero-order valence-electron chi connectivity index (χ0n) is 10.3. The molecule has 3 aromatic carbocycles. The summed E-state index contributed by atoms with van der Waals surface area (Å²) in [4.78, 5) is 0. The fourth-order valence-corrected chi connectivity index (χ4v) is 2.42. The fraction of sp³-hybridized carbons (Fsp3) is 0. The fourth-order valence-electron chi connectivity index (χ4n) is 2.42. The molecule has 6 heterocycles. The van der Waals surface area contributed by atoms with E-state index in [1.807, 2.05) is 24.3 Å². The number of hydrogen-bond acceptors (Lipinski definition) is 1. The highest BCUT2D eigenvalue weighted by molar-refractivity contribution is 5.89. The van der Waals surface area contributed by atoms with E-state index in [0.717, 1.165) is 11.2 Å². The van der Waals surface area contributed by atoms with Gasteiger partial charge in [-0.15, -0.1) is 0 Å². The quantitative estimate of drug-likeness (QED) is 0.409. The van der Waals surface area contributed by atoms with E-state index in [4.69, 9.17) is 4.42 Å². The number of rotatable bonds is 0. The van der Waals surface area contributed by atoms with Gasteiger partial charge >= 0.3 is 0 Å². The minimum Gasteiger partial charge on any atom is -0.457 e. The minimum absolute atomic E-state index is 0.867. The van der Waals surface area contributed by atoms with Crippen molar-refractivity contribution in [1.82, 2.24) is 0 Å². The summed E-state index contributed by atoms with van der Waals surface area (Å²) in [6, 6.07) is 25.1.